The van der Waals surface area contributed by atoms with Gasteiger partial charge in [-0.15, -0.1) is 0 Å². The minimum absolute atomic E-state index is 0.435. The monoisotopic (exact) mass is 613 g/mol. The topological polar surface area (TPSA) is 21.7 Å². The zero-order valence-electron chi connectivity index (χ0n) is 26.2. The Morgan fingerprint density at radius 3 is 2.50 bits per heavy atom. The van der Waals surface area contributed by atoms with Gasteiger partial charge in [0.2, 0.25) is 0 Å². The van der Waals surface area contributed by atoms with E-state index in [0.29, 0.717) is 35.1 Å². The second-order valence-electron chi connectivity index (χ2n) is 15.8. The Kier molecular flexibility index (Phi) is 8.59. The van der Waals surface area contributed by atoms with Crippen molar-refractivity contribution in [2.45, 2.75) is 117 Å². The average Bonchev–Trinajstić information content (AvgIpc) is 3.39. The van der Waals surface area contributed by atoms with Crippen molar-refractivity contribution in [2.24, 2.45) is 52.3 Å². The molecule has 4 aliphatic carbocycles. The summed E-state index contributed by atoms with van der Waals surface area (Å²) in [5.41, 5.74) is 2.29. The van der Waals surface area contributed by atoms with Crippen molar-refractivity contribution in [3.05, 3.63) is 34.3 Å². The maximum atomic E-state index is 6.97. The number of fused-ring (bicyclic) bond motifs is 7. The predicted molar refractivity (Wildman–Crippen MR) is 168 cm³/mol. The fourth-order valence-corrected chi connectivity index (χ4v) is 11.6. The van der Waals surface area contributed by atoms with Crippen molar-refractivity contribution in [1.29, 1.82) is 0 Å². The third kappa shape index (κ3) is 5.39. The van der Waals surface area contributed by atoms with Crippen LogP contribution in [-0.4, -0.2) is 43.9 Å². The highest BCUT2D eigenvalue weighted by atomic mass is 79.9. The van der Waals surface area contributed by atoms with Crippen molar-refractivity contribution in [1.82, 2.24) is 4.90 Å². The van der Waals surface area contributed by atoms with Gasteiger partial charge in [0.15, 0.2) is 0 Å². The molecule has 0 N–H and O–H groups in total. The molecule has 1 saturated heterocycles. The van der Waals surface area contributed by atoms with E-state index < -0.39 is 0 Å². The first-order valence-corrected chi connectivity index (χ1v) is 17.5. The van der Waals surface area contributed by atoms with Gasteiger partial charge in [0.25, 0.3) is 0 Å². The molecule has 4 heteroatoms. The first-order chi connectivity index (χ1) is 19.1. The number of hydrogen-bond acceptors (Lipinski definition) is 3. The molecule has 1 heterocycles. The summed E-state index contributed by atoms with van der Waals surface area (Å²) >= 11 is 3.55. The van der Waals surface area contributed by atoms with E-state index in [1.165, 1.54) is 76.3 Å². The Bertz CT molecular complexity index is 1010. The van der Waals surface area contributed by atoms with E-state index in [2.05, 4.69) is 86.9 Å². The quantitative estimate of drug-likeness (QED) is 0.292. The van der Waals surface area contributed by atoms with Crippen LogP contribution in [0.1, 0.15) is 97.5 Å². The number of ether oxygens (including phenoxy) is 2. The van der Waals surface area contributed by atoms with Crippen molar-refractivity contribution < 1.29 is 9.47 Å². The van der Waals surface area contributed by atoms with Crippen LogP contribution in [0.25, 0.3) is 0 Å². The fraction of sp³-hybridized carbons (Fsp3) is 0.833. The summed E-state index contributed by atoms with van der Waals surface area (Å²) in [6, 6.07) is 8.64. The van der Waals surface area contributed by atoms with E-state index in [0.717, 1.165) is 46.6 Å². The van der Waals surface area contributed by atoms with E-state index in [1.54, 1.807) is 0 Å². The highest BCUT2D eigenvalue weighted by molar-refractivity contribution is 9.10. The molecule has 0 bridgehead atoms. The molecule has 4 saturated carbocycles. The van der Waals surface area contributed by atoms with E-state index in [9.17, 15) is 0 Å². The van der Waals surface area contributed by atoms with Crippen LogP contribution in [-0.2, 0) is 16.1 Å². The molecule has 224 valence electrons. The molecule has 3 nitrogen and oxygen atoms in total. The van der Waals surface area contributed by atoms with Crippen LogP contribution in [0.4, 0.5) is 0 Å². The van der Waals surface area contributed by atoms with Crippen LogP contribution in [0.2, 0.25) is 0 Å². The van der Waals surface area contributed by atoms with Gasteiger partial charge in [-0.1, -0.05) is 55.8 Å². The first-order valence-electron chi connectivity index (χ1n) is 16.7. The molecule has 1 aromatic rings. The molecule has 0 amide bonds. The van der Waals surface area contributed by atoms with Gasteiger partial charge >= 0.3 is 0 Å². The Morgan fingerprint density at radius 1 is 1.00 bits per heavy atom. The van der Waals surface area contributed by atoms with Crippen molar-refractivity contribution in [3.63, 3.8) is 0 Å². The van der Waals surface area contributed by atoms with Crippen LogP contribution in [0.15, 0.2) is 28.7 Å². The molecule has 12 atom stereocenters. The molecule has 0 spiro atoms. The molecular weight excluding hydrogens is 558 g/mol. The summed E-state index contributed by atoms with van der Waals surface area (Å²) in [4.78, 5) is 2.33. The highest BCUT2D eigenvalue weighted by Crippen LogP contribution is 2.70. The van der Waals surface area contributed by atoms with Crippen LogP contribution in [0, 0.1) is 52.3 Å². The molecule has 0 aromatic heterocycles. The van der Waals surface area contributed by atoms with Gasteiger partial charge in [-0.25, -0.2) is 0 Å². The molecule has 0 unspecified atom stereocenters. The van der Waals surface area contributed by atoms with Gasteiger partial charge in [0.1, 0.15) is 0 Å². The second-order valence-corrected chi connectivity index (χ2v) is 16.7. The summed E-state index contributed by atoms with van der Waals surface area (Å²) in [6.45, 7) is 12.3. The number of hydrogen-bond donors (Lipinski definition) is 0. The van der Waals surface area contributed by atoms with Gasteiger partial charge < -0.3 is 14.4 Å². The summed E-state index contributed by atoms with van der Waals surface area (Å²) in [7, 11) is 4.40. The highest BCUT2D eigenvalue weighted by Gasteiger charge is 2.65. The van der Waals surface area contributed by atoms with Crippen molar-refractivity contribution in [3.8, 4) is 0 Å². The standard InChI is InChI=1S/C36H56BrNO2/c1-23(21-38(5)6)7-14-32-24(2)34-33(40-32)20-31-29-13-10-26-19-28(39-22-25-8-11-27(37)12-9-25)15-17-35(26,3)30(29)16-18-36(31,34)4/h8-9,11-12,23-24,26,28-34H,7,10,13-22H2,1-6H3/t23-,24+,26+,28-,29+,30-,31-,32+,33-,34-,35-,36-/m0/s1. The number of halogens is 1. The lowest BCUT2D eigenvalue weighted by Crippen LogP contribution is -2.54. The third-order valence-corrected chi connectivity index (χ3v) is 13.8. The van der Waals surface area contributed by atoms with Gasteiger partial charge in [0.05, 0.1) is 24.9 Å². The largest absolute Gasteiger partial charge is 0.374 e. The summed E-state index contributed by atoms with van der Waals surface area (Å²) in [5.74, 6) is 5.79. The van der Waals surface area contributed by atoms with Crippen molar-refractivity contribution in [2.75, 3.05) is 20.6 Å². The Morgan fingerprint density at radius 2 is 1.75 bits per heavy atom. The fourth-order valence-electron chi connectivity index (χ4n) is 11.3. The lowest BCUT2D eigenvalue weighted by molar-refractivity contribution is -0.139. The number of nitrogens with zero attached hydrogens (tertiary/aromatic N) is 1. The smallest absolute Gasteiger partial charge is 0.0720 e. The summed E-state index contributed by atoms with van der Waals surface area (Å²) in [5, 5.41) is 0. The third-order valence-electron chi connectivity index (χ3n) is 13.2. The maximum absolute atomic E-state index is 6.97. The Labute approximate surface area is 253 Å². The Balaban J connectivity index is 1.07. The molecule has 6 rings (SSSR count). The zero-order valence-corrected chi connectivity index (χ0v) is 27.8. The molecule has 1 aromatic carbocycles. The lowest BCUT2D eigenvalue weighted by Gasteiger charge is -2.61. The molecule has 5 aliphatic rings. The number of benzene rings is 1. The number of rotatable bonds is 8. The second kappa shape index (κ2) is 11.6. The predicted octanol–water partition coefficient (Wildman–Crippen LogP) is 8.98. The molecular formula is C36H56BrNO2. The van der Waals surface area contributed by atoms with E-state index in [-0.39, 0.29) is 0 Å². The minimum atomic E-state index is 0.435. The Hall–Kier alpha value is -0.420. The summed E-state index contributed by atoms with van der Waals surface area (Å²) < 4.78 is 14.6. The minimum Gasteiger partial charge on any atom is -0.374 e. The van der Waals surface area contributed by atoms with Crippen LogP contribution < -0.4 is 0 Å². The van der Waals surface area contributed by atoms with E-state index in [1.807, 2.05) is 0 Å². The zero-order chi connectivity index (χ0) is 28.2. The van der Waals surface area contributed by atoms with Crippen LogP contribution >= 0.6 is 15.9 Å². The van der Waals surface area contributed by atoms with Gasteiger partial charge in [0, 0.05) is 11.0 Å². The molecule has 5 fully saturated rings. The van der Waals surface area contributed by atoms with E-state index >= 15 is 0 Å². The van der Waals surface area contributed by atoms with Crippen LogP contribution in [0.3, 0.4) is 0 Å². The van der Waals surface area contributed by atoms with Crippen molar-refractivity contribution >= 4 is 15.9 Å². The molecule has 1 aliphatic heterocycles. The maximum Gasteiger partial charge on any atom is 0.0720 e. The van der Waals surface area contributed by atoms with Crippen LogP contribution in [0.5, 0.6) is 0 Å². The SMILES string of the molecule is C[C@@H](CC[C@H]1O[C@H]2C[C@H]3[C@@H]4CC[C@@H]5C[C@@H](OCc6ccc(Br)cc6)CC[C@]5(C)[C@H]4CC[C@]3(C)[C@H]2[C@@H]1C)CN(C)C. The molecule has 0 radical (unpaired) electrons. The first kappa shape index (κ1) is 29.6. The normalized spacial score (nSPS) is 45.0. The van der Waals surface area contributed by atoms with E-state index in [4.69, 9.17) is 9.47 Å². The van der Waals surface area contributed by atoms with Gasteiger partial charge in [-0.3, -0.25) is 0 Å². The van der Waals surface area contributed by atoms with Gasteiger partial charge in [-0.2, -0.15) is 0 Å². The molecule has 40 heavy (non-hydrogen) atoms. The lowest BCUT2D eigenvalue weighted by atomic mass is 9.44. The summed E-state index contributed by atoms with van der Waals surface area (Å²) in [6.07, 6.45) is 15.0. The average molecular weight is 615 g/mol. The van der Waals surface area contributed by atoms with Gasteiger partial charge in [-0.05, 0) is 148 Å².